The molecule has 3 amide bonds. The van der Waals surface area contributed by atoms with Crippen molar-refractivity contribution in [2.75, 3.05) is 33.7 Å². The molecule has 0 radical (unpaired) electrons. The Morgan fingerprint density at radius 2 is 2.18 bits per heavy atom. The molecule has 1 N–H and O–H groups in total. The highest BCUT2D eigenvalue weighted by atomic mass is 32.1. The number of nitrogens with one attached hydrogen (secondary N) is 1. The van der Waals surface area contributed by atoms with Crippen LogP contribution in [0.3, 0.4) is 0 Å². The molecular weight excluding hydrogens is 302 g/mol. The summed E-state index contributed by atoms with van der Waals surface area (Å²) < 4.78 is 0. The predicted octanol–water partition coefficient (Wildman–Crippen LogP) is 0.899. The Bertz CT molecular complexity index is 531. The number of likely N-dealkylation sites (tertiary alicyclic amines) is 1. The van der Waals surface area contributed by atoms with Gasteiger partial charge in [-0.2, -0.15) is 0 Å². The summed E-state index contributed by atoms with van der Waals surface area (Å²) in [5.74, 6) is -0.0914. The van der Waals surface area contributed by atoms with E-state index in [1.807, 2.05) is 6.92 Å². The van der Waals surface area contributed by atoms with Gasteiger partial charge in [-0.15, -0.1) is 21.5 Å². The molecule has 1 aromatic heterocycles. The molecule has 1 aliphatic heterocycles. The molecule has 0 unspecified atom stereocenters. The van der Waals surface area contributed by atoms with Crippen LogP contribution in [0.2, 0.25) is 0 Å². The maximum atomic E-state index is 12.2. The minimum Gasteiger partial charge on any atom is -0.355 e. The largest absolute Gasteiger partial charge is 0.355 e. The lowest BCUT2D eigenvalue weighted by molar-refractivity contribution is -0.126. The number of nitrogens with zero attached hydrogens (tertiary/aromatic N) is 4. The average Bonchev–Trinajstić information content (AvgIpc) is 2.92. The lowest BCUT2D eigenvalue weighted by atomic mass is 9.97. The normalized spacial score (nSPS) is 18.1. The van der Waals surface area contributed by atoms with Crippen LogP contribution in [0, 0.1) is 12.8 Å². The highest BCUT2D eigenvalue weighted by Crippen LogP contribution is 2.17. The smallest absolute Gasteiger partial charge is 0.319 e. The number of aryl methyl sites for hydroxylation is 1. The van der Waals surface area contributed by atoms with Crippen LogP contribution < -0.4 is 5.32 Å². The van der Waals surface area contributed by atoms with Crippen molar-refractivity contribution in [1.29, 1.82) is 0 Å². The van der Waals surface area contributed by atoms with E-state index in [9.17, 15) is 9.59 Å². The van der Waals surface area contributed by atoms with E-state index in [0.29, 0.717) is 19.5 Å². The second-order valence-electron chi connectivity index (χ2n) is 5.72. The third-order valence-electron chi connectivity index (χ3n) is 3.65. The van der Waals surface area contributed by atoms with Gasteiger partial charge in [0.15, 0.2) is 0 Å². The van der Waals surface area contributed by atoms with Crippen LogP contribution in [-0.2, 0) is 11.2 Å². The Labute approximate surface area is 134 Å². The Kier molecular flexibility index (Phi) is 5.70. The molecular formula is C14H23N5O2S. The predicted molar refractivity (Wildman–Crippen MR) is 84.7 cm³/mol. The molecule has 0 spiro atoms. The first-order valence-corrected chi connectivity index (χ1v) is 8.32. The fourth-order valence-electron chi connectivity index (χ4n) is 2.52. The summed E-state index contributed by atoms with van der Waals surface area (Å²) in [6.45, 7) is 3.70. The van der Waals surface area contributed by atoms with Gasteiger partial charge in [-0.1, -0.05) is 0 Å². The Balaban J connectivity index is 1.78. The molecule has 1 atom stereocenters. The number of piperidine rings is 1. The van der Waals surface area contributed by atoms with Gasteiger partial charge in [-0.3, -0.25) is 4.79 Å². The van der Waals surface area contributed by atoms with Crippen LogP contribution in [0.5, 0.6) is 0 Å². The molecule has 7 nitrogen and oxygen atoms in total. The quantitative estimate of drug-likeness (QED) is 0.892. The fraction of sp³-hybridized carbons (Fsp3) is 0.714. The van der Waals surface area contributed by atoms with Crippen molar-refractivity contribution in [3.8, 4) is 0 Å². The van der Waals surface area contributed by atoms with Crippen LogP contribution in [0.1, 0.15) is 22.9 Å². The summed E-state index contributed by atoms with van der Waals surface area (Å²) in [5.41, 5.74) is 0. The molecule has 0 aromatic carbocycles. The van der Waals surface area contributed by atoms with Gasteiger partial charge in [-0.05, 0) is 19.8 Å². The molecule has 0 bridgehead atoms. The van der Waals surface area contributed by atoms with E-state index < -0.39 is 0 Å². The van der Waals surface area contributed by atoms with E-state index >= 15 is 0 Å². The molecule has 8 heteroatoms. The monoisotopic (exact) mass is 325 g/mol. The summed E-state index contributed by atoms with van der Waals surface area (Å²) in [5, 5.41) is 12.8. The van der Waals surface area contributed by atoms with E-state index in [0.717, 1.165) is 29.4 Å². The third kappa shape index (κ3) is 4.40. The standard InChI is InChI=1S/C14H23N5O2S/c1-10-16-17-12(22-10)6-7-15-13(20)11-5-4-8-19(9-11)14(21)18(2)3/h11H,4-9H2,1-3H3,(H,15,20)/t11-/m1/s1. The van der Waals surface area contributed by atoms with Crippen molar-refractivity contribution in [3.05, 3.63) is 10.0 Å². The maximum absolute atomic E-state index is 12.2. The summed E-state index contributed by atoms with van der Waals surface area (Å²) in [6.07, 6.45) is 2.40. The summed E-state index contributed by atoms with van der Waals surface area (Å²) >= 11 is 1.55. The molecule has 2 heterocycles. The van der Waals surface area contributed by atoms with Gasteiger partial charge in [0, 0.05) is 40.2 Å². The van der Waals surface area contributed by atoms with E-state index in [-0.39, 0.29) is 17.9 Å². The Hall–Kier alpha value is -1.70. The van der Waals surface area contributed by atoms with Gasteiger partial charge in [0.25, 0.3) is 0 Å². The van der Waals surface area contributed by atoms with Gasteiger partial charge in [0.05, 0.1) is 5.92 Å². The van der Waals surface area contributed by atoms with E-state index in [4.69, 9.17) is 0 Å². The van der Waals surface area contributed by atoms with Gasteiger partial charge >= 0.3 is 6.03 Å². The molecule has 0 saturated carbocycles. The summed E-state index contributed by atoms with van der Waals surface area (Å²) in [4.78, 5) is 27.5. The zero-order valence-corrected chi connectivity index (χ0v) is 14.2. The number of aromatic nitrogens is 2. The second-order valence-corrected chi connectivity index (χ2v) is 6.98. The van der Waals surface area contributed by atoms with E-state index in [1.54, 1.807) is 35.2 Å². The van der Waals surface area contributed by atoms with Gasteiger partial charge < -0.3 is 15.1 Å². The number of amides is 3. The average molecular weight is 325 g/mol. The first-order valence-electron chi connectivity index (χ1n) is 7.50. The zero-order chi connectivity index (χ0) is 16.1. The van der Waals surface area contributed by atoms with Crippen molar-refractivity contribution < 1.29 is 9.59 Å². The van der Waals surface area contributed by atoms with Crippen molar-refractivity contribution >= 4 is 23.3 Å². The number of carbonyl (C=O) groups excluding carboxylic acids is 2. The van der Waals surface area contributed by atoms with Crippen LogP contribution in [0.25, 0.3) is 0 Å². The first-order chi connectivity index (χ1) is 10.5. The molecule has 1 fully saturated rings. The lowest BCUT2D eigenvalue weighted by Gasteiger charge is -2.33. The number of carbonyl (C=O) groups is 2. The molecule has 0 aliphatic carbocycles. The number of hydrogen-bond donors (Lipinski definition) is 1. The van der Waals surface area contributed by atoms with E-state index in [1.165, 1.54) is 0 Å². The molecule has 122 valence electrons. The number of hydrogen-bond acceptors (Lipinski definition) is 5. The topological polar surface area (TPSA) is 78.4 Å². The maximum Gasteiger partial charge on any atom is 0.319 e. The van der Waals surface area contributed by atoms with Gasteiger partial charge in [-0.25, -0.2) is 4.79 Å². The SMILES string of the molecule is Cc1nnc(CCNC(=O)[C@@H]2CCCN(C(=O)N(C)C)C2)s1. The third-order valence-corrected chi connectivity index (χ3v) is 4.55. The highest BCUT2D eigenvalue weighted by Gasteiger charge is 2.28. The number of rotatable bonds is 4. The first kappa shape index (κ1) is 16.7. The summed E-state index contributed by atoms with van der Waals surface area (Å²) in [6, 6.07) is -0.0261. The van der Waals surface area contributed by atoms with Gasteiger partial charge in [0.2, 0.25) is 5.91 Å². The fourth-order valence-corrected chi connectivity index (χ4v) is 3.23. The minimum absolute atomic E-state index is 0.0255. The van der Waals surface area contributed by atoms with Crippen molar-refractivity contribution in [2.45, 2.75) is 26.2 Å². The number of urea groups is 1. The minimum atomic E-state index is -0.117. The van der Waals surface area contributed by atoms with Crippen LogP contribution in [-0.4, -0.2) is 65.7 Å². The molecule has 1 aromatic rings. The Morgan fingerprint density at radius 3 is 2.82 bits per heavy atom. The Morgan fingerprint density at radius 1 is 1.41 bits per heavy atom. The van der Waals surface area contributed by atoms with Gasteiger partial charge in [0.1, 0.15) is 10.0 Å². The molecule has 1 aliphatic rings. The van der Waals surface area contributed by atoms with Crippen LogP contribution in [0.15, 0.2) is 0 Å². The van der Waals surface area contributed by atoms with Crippen molar-refractivity contribution in [2.24, 2.45) is 5.92 Å². The van der Waals surface area contributed by atoms with Crippen LogP contribution >= 0.6 is 11.3 Å². The zero-order valence-electron chi connectivity index (χ0n) is 13.3. The molecule has 2 rings (SSSR count). The lowest BCUT2D eigenvalue weighted by Crippen LogP contribution is -2.48. The molecule has 22 heavy (non-hydrogen) atoms. The van der Waals surface area contributed by atoms with Crippen LogP contribution in [0.4, 0.5) is 4.79 Å². The summed E-state index contributed by atoms with van der Waals surface area (Å²) in [7, 11) is 3.46. The van der Waals surface area contributed by atoms with E-state index in [2.05, 4.69) is 15.5 Å². The van der Waals surface area contributed by atoms with Crippen molar-refractivity contribution in [3.63, 3.8) is 0 Å². The van der Waals surface area contributed by atoms with Crippen molar-refractivity contribution in [1.82, 2.24) is 25.3 Å². The molecule has 1 saturated heterocycles. The highest BCUT2D eigenvalue weighted by molar-refractivity contribution is 7.11. The second kappa shape index (κ2) is 7.53.